The van der Waals surface area contributed by atoms with Crippen molar-refractivity contribution in [2.75, 3.05) is 52.4 Å². The van der Waals surface area contributed by atoms with Gasteiger partial charge < -0.3 is 10.6 Å². The Kier molecular flexibility index (Phi) is 10.3. The summed E-state index contributed by atoms with van der Waals surface area (Å²) in [5.74, 6) is 0. The Morgan fingerprint density at radius 2 is 1.13 bits per heavy atom. The Bertz CT molecular complexity index is 646. The topological polar surface area (TPSA) is 56.3 Å². The van der Waals surface area contributed by atoms with E-state index < -0.39 is 0 Å². The number of pyridine rings is 2. The molecule has 0 spiro atoms. The number of halogens is 2. The van der Waals surface area contributed by atoms with Crippen LogP contribution in [-0.4, -0.2) is 72.1 Å². The van der Waals surface area contributed by atoms with Crippen molar-refractivity contribution in [2.24, 2.45) is 0 Å². The van der Waals surface area contributed by atoms with Crippen LogP contribution in [0.3, 0.4) is 0 Å². The lowest BCUT2D eigenvalue weighted by molar-refractivity contribution is 0.241. The molecule has 30 heavy (non-hydrogen) atoms. The summed E-state index contributed by atoms with van der Waals surface area (Å²) in [6, 6.07) is 7.87. The minimum Gasteiger partial charge on any atom is -0.315 e. The third-order valence-electron chi connectivity index (χ3n) is 5.26. The lowest BCUT2D eigenvalue weighted by atomic mass is 10.2. The van der Waals surface area contributed by atoms with E-state index in [0.717, 1.165) is 78.3 Å². The fourth-order valence-corrected chi connectivity index (χ4v) is 3.86. The average Bonchev–Trinajstić information content (AvgIpc) is 2.75. The van der Waals surface area contributed by atoms with Crippen LogP contribution in [0.4, 0.5) is 0 Å². The van der Waals surface area contributed by atoms with E-state index >= 15 is 0 Å². The normalized spacial score (nSPS) is 18.7. The van der Waals surface area contributed by atoms with E-state index in [1.807, 2.05) is 24.5 Å². The molecule has 0 amide bonds. The summed E-state index contributed by atoms with van der Waals surface area (Å²) in [6.07, 6.45) is 6.01. The van der Waals surface area contributed by atoms with Gasteiger partial charge in [0.1, 0.15) is 10.3 Å². The highest BCUT2D eigenvalue weighted by molar-refractivity contribution is 6.29. The number of hydrogen-bond acceptors (Lipinski definition) is 6. The van der Waals surface area contributed by atoms with Gasteiger partial charge in [-0.2, -0.15) is 0 Å². The molecule has 0 atom stereocenters. The molecule has 0 saturated carbocycles. The molecule has 0 unspecified atom stereocenters. The molecule has 3 rings (SSSR count). The van der Waals surface area contributed by atoms with Gasteiger partial charge in [0.05, 0.1) is 0 Å². The lowest BCUT2D eigenvalue weighted by Crippen LogP contribution is -2.38. The average molecular weight is 451 g/mol. The molecule has 2 N–H and O–H groups in total. The molecule has 0 aliphatic carbocycles. The lowest BCUT2D eigenvalue weighted by Gasteiger charge is -2.25. The van der Waals surface area contributed by atoms with Crippen molar-refractivity contribution in [3.05, 3.63) is 58.1 Å². The van der Waals surface area contributed by atoms with Gasteiger partial charge in [0.25, 0.3) is 0 Å². The van der Waals surface area contributed by atoms with Crippen molar-refractivity contribution >= 4 is 23.2 Å². The van der Waals surface area contributed by atoms with Gasteiger partial charge in [0, 0.05) is 51.7 Å². The summed E-state index contributed by atoms with van der Waals surface area (Å²) in [7, 11) is 0. The summed E-state index contributed by atoms with van der Waals surface area (Å²) >= 11 is 11.8. The number of rotatable bonds is 4. The maximum absolute atomic E-state index is 5.91. The van der Waals surface area contributed by atoms with Crippen LogP contribution in [0, 0.1) is 0 Å². The van der Waals surface area contributed by atoms with Crippen molar-refractivity contribution in [2.45, 2.75) is 25.9 Å². The van der Waals surface area contributed by atoms with Crippen LogP contribution in [0.5, 0.6) is 0 Å². The minimum atomic E-state index is 0.548. The van der Waals surface area contributed by atoms with E-state index in [2.05, 4.69) is 42.5 Å². The quantitative estimate of drug-likeness (QED) is 0.697. The summed E-state index contributed by atoms with van der Waals surface area (Å²) in [6.45, 7) is 10.1. The molecule has 3 heterocycles. The molecular weight excluding hydrogens is 419 g/mol. The second-order valence-corrected chi connectivity index (χ2v) is 8.51. The molecule has 164 valence electrons. The van der Waals surface area contributed by atoms with E-state index in [-0.39, 0.29) is 0 Å². The van der Waals surface area contributed by atoms with Crippen molar-refractivity contribution in [3.8, 4) is 0 Å². The van der Waals surface area contributed by atoms with E-state index in [9.17, 15) is 0 Å². The van der Waals surface area contributed by atoms with Gasteiger partial charge in [-0.05, 0) is 62.3 Å². The molecule has 1 saturated heterocycles. The van der Waals surface area contributed by atoms with Gasteiger partial charge in [-0.1, -0.05) is 35.3 Å². The highest BCUT2D eigenvalue weighted by atomic mass is 35.5. The predicted molar refractivity (Wildman–Crippen MR) is 124 cm³/mol. The third kappa shape index (κ3) is 8.84. The van der Waals surface area contributed by atoms with E-state index in [0.29, 0.717) is 10.3 Å². The van der Waals surface area contributed by atoms with E-state index in [1.54, 1.807) is 0 Å². The van der Waals surface area contributed by atoms with Crippen LogP contribution in [0.1, 0.15) is 24.0 Å². The van der Waals surface area contributed by atoms with Crippen molar-refractivity contribution in [3.63, 3.8) is 0 Å². The van der Waals surface area contributed by atoms with Gasteiger partial charge in [-0.15, -0.1) is 0 Å². The second kappa shape index (κ2) is 13.2. The van der Waals surface area contributed by atoms with E-state index in [1.165, 1.54) is 11.1 Å². The molecule has 0 radical (unpaired) electrons. The SMILES string of the molecule is Clc1ccc(CN2CCCNCCN(Cc3ccc(Cl)nc3)CCCNCC2)cn1. The summed E-state index contributed by atoms with van der Waals surface area (Å²) in [5, 5.41) is 8.31. The van der Waals surface area contributed by atoms with Crippen LogP contribution >= 0.6 is 23.2 Å². The van der Waals surface area contributed by atoms with E-state index in [4.69, 9.17) is 23.2 Å². The van der Waals surface area contributed by atoms with Crippen LogP contribution in [-0.2, 0) is 13.1 Å². The van der Waals surface area contributed by atoms with Gasteiger partial charge in [0.2, 0.25) is 0 Å². The van der Waals surface area contributed by atoms with Crippen molar-refractivity contribution in [1.82, 2.24) is 30.4 Å². The molecule has 0 bridgehead atoms. The number of nitrogens with zero attached hydrogens (tertiary/aromatic N) is 4. The number of nitrogens with one attached hydrogen (secondary N) is 2. The van der Waals surface area contributed by atoms with Crippen LogP contribution < -0.4 is 10.6 Å². The van der Waals surface area contributed by atoms with Crippen molar-refractivity contribution in [1.29, 1.82) is 0 Å². The smallest absolute Gasteiger partial charge is 0.129 e. The molecule has 1 aliphatic rings. The Labute approximate surface area is 190 Å². The van der Waals surface area contributed by atoms with Gasteiger partial charge in [-0.3, -0.25) is 9.80 Å². The third-order valence-corrected chi connectivity index (χ3v) is 5.70. The summed E-state index contributed by atoms with van der Waals surface area (Å²) in [4.78, 5) is 13.4. The fraction of sp³-hybridized carbons (Fsp3) is 0.545. The highest BCUT2D eigenvalue weighted by Crippen LogP contribution is 2.10. The zero-order chi connectivity index (χ0) is 21.0. The van der Waals surface area contributed by atoms with Crippen molar-refractivity contribution < 1.29 is 0 Å². The Balaban J connectivity index is 1.46. The maximum Gasteiger partial charge on any atom is 0.129 e. The second-order valence-electron chi connectivity index (χ2n) is 7.74. The summed E-state index contributed by atoms with van der Waals surface area (Å²) in [5.41, 5.74) is 2.42. The molecule has 2 aromatic heterocycles. The minimum absolute atomic E-state index is 0.548. The van der Waals surface area contributed by atoms with Crippen LogP contribution in [0.15, 0.2) is 36.7 Å². The zero-order valence-corrected chi connectivity index (χ0v) is 19.0. The van der Waals surface area contributed by atoms with Gasteiger partial charge >= 0.3 is 0 Å². The number of hydrogen-bond donors (Lipinski definition) is 2. The van der Waals surface area contributed by atoms with Crippen LogP contribution in [0.2, 0.25) is 10.3 Å². The fourth-order valence-electron chi connectivity index (χ4n) is 3.64. The molecule has 6 nitrogen and oxygen atoms in total. The molecular formula is C22H32Cl2N6. The summed E-state index contributed by atoms with van der Waals surface area (Å²) < 4.78 is 0. The molecule has 0 aromatic carbocycles. The standard InChI is InChI=1S/C22H32Cl2N6/c23-21-5-3-19(15-27-21)17-29-11-1-7-25-9-14-30(12-2-8-26-10-13-29)18-20-4-6-22(24)28-16-20/h3-6,15-16,25-26H,1-2,7-14,17-18H2. The largest absolute Gasteiger partial charge is 0.315 e. The first-order valence-electron chi connectivity index (χ1n) is 10.8. The Hall–Kier alpha value is -1.28. The Morgan fingerprint density at radius 3 is 1.53 bits per heavy atom. The molecule has 8 heteroatoms. The Morgan fingerprint density at radius 1 is 0.667 bits per heavy atom. The molecule has 2 aromatic rings. The first-order valence-corrected chi connectivity index (χ1v) is 11.5. The zero-order valence-electron chi connectivity index (χ0n) is 17.5. The van der Waals surface area contributed by atoms with Gasteiger partial charge in [-0.25, -0.2) is 9.97 Å². The van der Waals surface area contributed by atoms with Crippen LogP contribution in [0.25, 0.3) is 0 Å². The molecule has 1 fully saturated rings. The predicted octanol–water partition coefficient (Wildman–Crippen LogP) is 3.06. The van der Waals surface area contributed by atoms with Gasteiger partial charge in [0.15, 0.2) is 0 Å². The monoisotopic (exact) mass is 450 g/mol. The highest BCUT2D eigenvalue weighted by Gasteiger charge is 2.09. The molecule has 1 aliphatic heterocycles. The first-order chi connectivity index (χ1) is 14.7. The first kappa shape index (κ1) is 23.4. The number of aromatic nitrogens is 2. The maximum atomic E-state index is 5.91.